The molecule has 2 rings (SSSR count). The smallest absolute Gasteiger partial charge is 0.341 e. The van der Waals surface area contributed by atoms with Gasteiger partial charge in [0.1, 0.15) is 5.75 Å². The van der Waals surface area contributed by atoms with E-state index in [9.17, 15) is 26.8 Å². The third-order valence-corrected chi connectivity index (χ3v) is 5.14. The molecule has 10 heteroatoms. The van der Waals surface area contributed by atoms with Crippen molar-refractivity contribution in [2.45, 2.75) is 10.7 Å². The van der Waals surface area contributed by atoms with Crippen LogP contribution in [0, 0.1) is 0 Å². The highest BCUT2D eigenvalue weighted by Gasteiger charge is 2.26. The predicted octanol–water partition coefficient (Wildman–Crippen LogP) is 2.40. The maximum absolute atomic E-state index is 12.5. The number of likely N-dealkylation sites (N-methyl/N-ethyl adjacent to an activating group) is 1. The standard InChI is InChI=1S/C18H18F2N2O5S/c1-22(11-16(23)21-13-4-3-5-14(10-13)27-2)17(24)12-6-8-15(9-7-12)28(25,26)18(19)20/h3-10,18H,11H2,1-2H3,(H,21,23). The van der Waals surface area contributed by atoms with Gasteiger partial charge in [0.2, 0.25) is 15.7 Å². The summed E-state index contributed by atoms with van der Waals surface area (Å²) < 4.78 is 52.9. The lowest BCUT2D eigenvalue weighted by molar-refractivity contribution is -0.116. The molecular weight excluding hydrogens is 394 g/mol. The fourth-order valence-electron chi connectivity index (χ4n) is 2.30. The maximum atomic E-state index is 12.5. The topological polar surface area (TPSA) is 92.8 Å². The monoisotopic (exact) mass is 412 g/mol. The van der Waals surface area contributed by atoms with Gasteiger partial charge >= 0.3 is 5.76 Å². The number of alkyl halides is 2. The van der Waals surface area contributed by atoms with Gasteiger partial charge < -0.3 is 15.0 Å². The first-order chi connectivity index (χ1) is 13.1. The van der Waals surface area contributed by atoms with Gasteiger partial charge in [0, 0.05) is 24.4 Å². The molecule has 2 aromatic rings. The number of benzene rings is 2. The van der Waals surface area contributed by atoms with Gasteiger partial charge in [0.15, 0.2) is 0 Å². The van der Waals surface area contributed by atoms with Crippen molar-refractivity contribution in [3.63, 3.8) is 0 Å². The van der Waals surface area contributed by atoms with E-state index in [-0.39, 0.29) is 12.1 Å². The van der Waals surface area contributed by atoms with E-state index in [1.165, 1.54) is 14.2 Å². The first kappa shape index (κ1) is 21.3. The molecule has 150 valence electrons. The lowest BCUT2D eigenvalue weighted by atomic mass is 10.2. The largest absolute Gasteiger partial charge is 0.497 e. The lowest BCUT2D eigenvalue weighted by Gasteiger charge is -2.17. The maximum Gasteiger partial charge on any atom is 0.341 e. The summed E-state index contributed by atoms with van der Waals surface area (Å²) in [6.07, 6.45) is 0. The van der Waals surface area contributed by atoms with Crippen molar-refractivity contribution in [2.24, 2.45) is 0 Å². The van der Waals surface area contributed by atoms with Gasteiger partial charge in [-0.15, -0.1) is 0 Å². The van der Waals surface area contributed by atoms with Crippen molar-refractivity contribution >= 4 is 27.3 Å². The quantitative estimate of drug-likeness (QED) is 0.754. The Hall–Kier alpha value is -3.01. The third-order valence-electron chi connectivity index (χ3n) is 3.75. The summed E-state index contributed by atoms with van der Waals surface area (Å²) in [5.41, 5.74) is 0.552. The number of hydrogen-bond acceptors (Lipinski definition) is 5. The van der Waals surface area contributed by atoms with Crippen LogP contribution in [0.15, 0.2) is 53.4 Å². The average Bonchev–Trinajstić information content (AvgIpc) is 2.67. The Morgan fingerprint density at radius 1 is 1.14 bits per heavy atom. The fourth-order valence-corrected chi connectivity index (χ4v) is 3.02. The van der Waals surface area contributed by atoms with Crippen molar-refractivity contribution in [3.05, 3.63) is 54.1 Å². The van der Waals surface area contributed by atoms with E-state index in [1.54, 1.807) is 24.3 Å². The van der Waals surface area contributed by atoms with Crippen LogP contribution in [0.1, 0.15) is 10.4 Å². The van der Waals surface area contributed by atoms with Crippen LogP contribution in [-0.2, 0) is 14.6 Å². The summed E-state index contributed by atoms with van der Waals surface area (Å²) in [6, 6.07) is 10.8. The molecule has 0 saturated heterocycles. The van der Waals surface area contributed by atoms with Crippen molar-refractivity contribution in [2.75, 3.05) is 26.0 Å². The molecule has 0 fully saturated rings. The van der Waals surface area contributed by atoms with Gasteiger partial charge in [0.25, 0.3) is 5.91 Å². The number of anilines is 1. The molecule has 0 aliphatic heterocycles. The lowest BCUT2D eigenvalue weighted by Crippen LogP contribution is -2.34. The molecule has 2 amide bonds. The minimum Gasteiger partial charge on any atom is -0.497 e. The second kappa shape index (κ2) is 8.79. The van der Waals surface area contributed by atoms with Crippen molar-refractivity contribution < 1.29 is 31.5 Å². The Labute approximate surface area is 160 Å². The molecule has 7 nitrogen and oxygen atoms in total. The summed E-state index contributed by atoms with van der Waals surface area (Å²) in [4.78, 5) is 25.0. The molecule has 0 atom stereocenters. The molecule has 28 heavy (non-hydrogen) atoms. The molecular formula is C18H18F2N2O5S. The molecule has 0 aliphatic rings. The van der Waals surface area contributed by atoms with Crippen LogP contribution in [0.3, 0.4) is 0 Å². The number of methoxy groups -OCH3 is 1. The Morgan fingerprint density at radius 2 is 1.79 bits per heavy atom. The number of carbonyl (C=O) groups is 2. The number of amides is 2. The molecule has 0 aliphatic carbocycles. The molecule has 1 N–H and O–H groups in total. The molecule has 2 aromatic carbocycles. The van der Waals surface area contributed by atoms with Crippen molar-refractivity contribution in [1.82, 2.24) is 4.90 Å². The molecule has 0 aromatic heterocycles. The van der Waals surface area contributed by atoms with E-state index in [1.807, 2.05) is 0 Å². The second-order valence-corrected chi connectivity index (χ2v) is 7.69. The van der Waals surface area contributed by atoms with Crippen molar-refractivity contribution in [1.29, 1.82) is 0 Å². The molecule has 0 heterocycles. The number of halogens is 2. The summed E-state index contributed by atoms with van der Waals surface area (Å²) in [5.74, 6) is -4.01. The normalized spacial score (nSPS) is 11.2. The van der Waals surface area contributed by atoms with Crippen LogP contribution < -0.4 is 10.1 Å². The van der Waals surface area contributed by atoms with E-state index >= 15 is 0 Å². The second-order valence-electron chi connectivity index (χ2n) is 5.77. The van der Waals surface area contributed by atoms with Gasteiger partial charge in [-0.1, -0.05) is 6.07 Å². The minimum absolute atomic E-state index is 0.0601. The number of ether oxygens (including phenoxy) is 1. The van der Waals surface area contributed by atoms with Crippen LogP contribution in [0.4, 0.5) is 14.5 Å². The van der Waals surface area contributed by atoms with E-state index < -0.39 is 32.3 Å². The minimum atomic E-state index is -4.73. The Kier molecular flexibility index (Phi) is 6.68. The van der Waals surface area contributed by atoms with Gasteiger partial charge in [-0.2, -0.15) is 8.78 Å². The highest BCUT2D eigenvalue weighted by Crippen LogP contribution is 2.19. The molecule has 0 radical (unpaired) electrons. The Bertz CT molecular complexity index is 962. The summed E-state index contributed by atoms with van der Waals surface area (Å²) >= 11 is 0. The zero-order chi connectivity index (χ0) is 20.9. The first-order valence-electron chi connectivity index (χ1n) is 7.96. The van der Waals surface area contributed by atoms with Crippen LogP contribution in [-0.4, -0.2) is 51.6 Å². The van der Waals surface area contributed by atoms with Crippen LogP contribution in [0.25, 0.3) is 0 Å². The summed E-state index contributed by atoms with van der Waals surface area (Å²) in [7, 11) is -1.85. The van der Waals surface area contributed by atoms with E-state index in [0.29, 0.717) is 11.4 Å². The van der Waals surface area contributed by atoms with Gasteiger partial charge in [-0.05, 0) is 36.4 Å². The number of nitrogens with one attached hydrogen (secondary N) is 1. The molecule has 0 unspecified atom stereocenters. The van der Waals surface area contributed by atoms with Crippen LogP contribution in [0.5, 0.6) is 5.75 Å². The zero-order valence-corrected chi connectivity index (χ0v) is 15.9. The summed E-state index contributed by atoms with van der Waals surface area (Å²) in [5, 5.41) is 2.62. The molecule has 0 bridgehead atoms. The zero-order valence-electron chi connectivity index (χ0n) is 15.1. The van der Waals surface area contributed by atoms with Crippen LogP contribution in [0.2, 0.25) is 0 Å². The first-order valence-corrected chi connectivity index (χ1v) is 9.51. The Balaban J connectivity index is 2.02. The average molecular weight is 412 g/mol. The molecule has 0 saturated carbocycles. The Morgan fingerprint density at radius 3 is 2.36 bits per heavy atom. The van der Waals surface area contributed by atoms with E-state index in [0.717, 1.165) is 29.2 Å². The highest BCUT2D eigenvalue weighted by molar-refractivity contribution is 7.91. The predicted molar refractivity (Wildman–Crippen MR) is 98.2 cm³/mol. The van der Waals surface area contributed by atoms with Crippen LogP contribution >= 0.6 is 0 Å². The van der Waals surface area contributed by atoms with Crippen molar-refractivity contribution in [3.8, 4) is 5.75 Å². The van der Waals surface area contributed by atoms with Gasteiger partial charge in [-0.3, -0.25) is 9.59 Å². The number of nitrogens with zero attached hydrogens (tertiary/aromatic N) is 1. The number of hydrogen-bond donors (Lipinski definition) is 1. The summed E-state index contributed by atoms with van der Waals surface area (Å²) in [6.45, 7) is -0.271. The van der Waals surface area contributed by atoms with Gasteiger partial charge in [-0.25, -0.2) is 8.42 Å². The number of carbonyl (C=O) groups excluding carboxylic acids is 2. The molecule has 0 spiro atoms. The highest BCUT2D eigenvalue weighted by atomic mass is 32.2. The number of sulfone groups is 1. The van der Waals surface area contributed by atoms with E-state index in [4.69, 9.17) is 4.74 Å². The van der Waals surface area contributed by atoms with Gasteiger partial charge in [0.05, 0.1) is 18.6 Å². The SMILES string of the molecule is COc1cccc(NC(=O)CN(C)C(=O)c2ccc(S(=O)(=O)C(F)F)cc2)c1. The third kappa shape index (κ3) is 5.03. The van der Waals surface area contributed by atoms with E-state index in [2.05, 4.69) is 5.32 Å². The fraction of sp³-hybridized carbons (Fsp3) is 0.222. The number of rotatable bonds is 7.